The van der Waals surface area contributed by atoms with E-state index < -0.39 is 0 Å². The molecule has 0 saturated heterocycles. The molecule has 1 rings (SSSR count). The van der Waals surface area contributed by atoms with Crippen molar-refractivity contribution in [3.63, 3.8) is 0 Å². The molecule has 0 aliphatic carbocycles. The maximum absolute atomic E-state index is 5.53. The maximum atomic E-state index is 5.53. The van der Waals surface area contributed by atoms with E-state index in [0.29, 0.717) is 99.1 Å². The van der Waals surface area contributed by atoms with Gasteiger partial charge < -0.3 is 38.0 Å². The van der Waals surface area contributed by atoms with Gasteiger partial charge in [0, 0.05) is 6.61 Å². The normalized spacial score (nSPS) is 11.3. The number of hydrogen-bond donors (Lipinski definition) is 0. The van der Waals surface area contributed by atoms with Crippen molar-refractivity contribution < 1.29 is 42.9 Å². The van der Waals surface area contributed by atoms with Crippen LogP contribution in [0.5, 0.6) is 5.75 Å². The van der Waals surface area contributed by atoms with E-state index in [1.54, 1.807) is 0 Å². The zero-order valence-corrected chi connectivity index (χ0v) is 24.5. The smallest absolute Gasteiger partial charge is 0.168 e. The number of unbranched alkanes of at least 4 members (excludes halogenated alkanes) is 5. The van der Waals surface area contributed by atoms with E-state index >= 15 is 0 Å². The molecule has 0 aliphatic rings. The summed E-state index contributed by atoms with van der Waals surface area (Å²) in [6.45, 7) is 12.3. The predicted molar refractivity (Wildman–Crippen MR) is 152 cm³/mol. The lowest BCUT2D eigenvalue weighted by atomic mass is 10.0. The van der Waals surface area contributed by atoms with Gasteiger partial charge in [0.15, 0.2) is 5.75 Å². The van der Waals surface area contributed by atoms with Crippen LogP contribution in [0.25, 0.3) is 0 Å². The molecule has 1 aromatic rings. The minimum Gasteiger partial charge on any atom is -0.379 e. The van der Waals surface area contributed by atoms with Crippen molar-refractivity contribution in [1.29, 1.82) is 0 Å². The molecular formula is C30H54O9. The molecule has 0 unspecified atom stereocenters. The van der Waals surface area contributed by atoms with Crippen LogP contribution in [0.15, 0.2) is 24.3 Å². The second-order valence-electron chi connectivity index (χ2n) is 8.90. The monoisotopic (exact) mass is 558 g/mol. The van der Waals surface area contributed by atoms with Crippen LogP contribution in [0.4, 0.5) is 0 Å². The molecule has 39 heavy (non-hydrogen) atoms. The summed E-state index contributed by atoms with van der Waals surface area (Å²) in [7, 11) is 0. The van der Waals surface area contributed by atoms with E-state index in [-0.39, 0.29) is 0 Å². The molecule has 0 heterocycles. The van der Waals surface area contributed by atoms with E-state index in [4.69, 9.17) is 42.9 Å². The number of aryl methyl sites for hydroxylation is 1. The molecule has 0 saturated carbocycles. The van der Waals surface area contributed by atoms with Gasteiger partial charge in [-0.3, -0.25) is 0 Å². The first-order valence-electron chi connectivity index (χ1n) is 14.8. The Balaban J connectivity index is 1.81. The lowest BCUT2D eigenvalue weighted by Crippen LogP contribution is -2.15. The fraction of sp³-hybridized carbons (Fsp3) is 0.800. The van der Waals surface area contributed by atoms with E-state index in [0.717, 1.165) is 12.2 Å². The van der Waals surface area contributed by atoms with E-state index in [1.165, 1.54) is 44.1 Å². The van der Waals surface area contributed by atoms with Crippen molar-refractivity contribution >= 4 is 0 Å². The molecule has 1 aromatic carbocycles. The number of ether oxygens (including phenoxy) is 7. The largest absolute Gasteiger partial charge is 0.379 e. The molecule has 0 atom stereocenters. The summed E-state index contributed by atoms with van der Waals surface area (Å²) in [4.78, 5) is 10.9. The Labute approximate surface area is 236 Å². The van der Waals surface area contributed by atoms with Gasteiger partial charge in [0.25, 0.3) is 0 Å². The summed E-state index contributed by atoms with van der Waals surface area (Å²) < 4.78 is 37.9. The van der Waals surface area contributed by atoms with E-state index in [9.17, 15) is 0 Å². The summed E-state index contributed by atoms with van der Waals surface area (Å²) in [5.74, 6) is 0.794. The van der Waals surface area contributed by atoms with Gasteiger partial charge in [-0.25, -0.2) is 0 Å². The van der Waals surface area contributed by atoms with Crippen molar-refractivity contribution in [2.75, 3.05) is 99.1 Å². The van der Waals surface area contributed by atoms with Crippen molar-refractivity contribution in [2.45, 2.75) is 58.8 Å². The number of rotatable bonds is 31. The highest BCUT2D eigenvalue weighted by molar-refractivity contribution is 5.32. The average molecular weight is 559 g/mol. The van der Waals surface area contributed by atoms with Gasteiger partial charge >= 0.3 is 0 Å². The fourth-order valence-electron chi connectivity index (χ4n) is 3.55. The van der Waals surface area contributed by atoms with Crippen LogP contribution >= 0.6 is 0 Å². The summed E-state index contributed by atoms with van der Waals surface area (Å²) in [6.07, 6.45) is 8.69. The third-order valence-electron chi connectivity index (χ3n) is 5.67. The molecule has 228 valence electrons. The zero-order valence-electron chi connectivity index (χ0n) is 24.5. The van der Waals surface area contributed by atoms with Gasteiger partial charge in [-0.05, 0) is 31.4 Å². The first-order chi connectivity index (χ1) is 19.4. The third-order valence-corrected chi connectivity index (χ3v) is 5.67. The molecule has 0 radical (unpaired) electrons. The van der Waals surface area contributed by atoms with Crippen LogP contribution in [0.3, 0.4) is 0 Å². The topological polar surface area (TPSA) is 83.1 Å². The highest BCUT2D eigenvalue weighted by Crippen LogP contribution is 2.21. The van der Waals surface area contributed by atoms with Crippen LogP contribution in [-0.2, 0) is 44.5 Å². The molecule has 0 fully saturated rings. The summed E-state index contributed by atoms with van der Waals surface area (Å²) in [5, 5.41) is 0. The highest BCUT2D eigenvalue weighted by atomic mass is 17.2. The minimum atomic E-state index is 0.363. The standard InChI is InChI=1S/C30H54O9/c1-3-5-6-7-8-9-12-29-13-10-11-14-30(29)39-38-28-27-37-26-25-36-24-23-35-22-21-34-20-19-33-18-17-32-16-15-31-4-2/h10-11,13-14H,3-9,12,15-28H2,1-2H3. The summed E-state index contributed by atoms with van der Waals surface area (Å²) >= 11 is 0. The van der Waals surface area contributed by atoms with Crippen molar-refractivity contribution in [1.82, 2.24) is 0 Å². The molecule has 0 aromatic heterocycles. The Hall–Kier alpha value is -1.30. The first kappa shape index (κ1) is 35.7. The second-order valence-corrected chi connectivity index (χ2v) is 8.90. The van der Waals surface area contributed by atoms with Crippen LogP contribution in [0.1, 0.15) is 57.9 Å². The van der Waals surface area contributed by atoms with E-state index in [1.807, 2.05) is 25.1 Å². The minimum absolute atomic E-state index is 0.363. The summed E-state index contributed by atoms with van der Waals surface area (Å²) in [6, 6.07) is 8.07. The van der Waals surface area contributed by atoms with Gasteiger partial charge in [-0.1, -0.05) is 57.2 Å². The van der Waals surface area contributed by atoms with Gasteiger partial charge in [0.05, 0.1) is 85.9 Å². The van der Waals surface area contributed by atoms with E-state index in [2.05, 4.69) is 13.0 Å². The van der Waals surface area contributed by atoms with Crippen molar-refractivity contribution in [3.8, 4) is 5.75 Å². The Bertz CT molecular complexity index is 618. The lowest BCUT2D eigenvalue weighted by Gasteiger charge is -2.10. The Morgan fingerprint density at radius 3 is 1.41 bits per heavy atom. The molecule has 0 spiro atoms. The average Bonchev–Trinajstić information content (AvgIpc) is 2.96. The van der Waals surface area contributed by atoms with Gasteiger partial charge in [0.1, 0.15) is 6.61 Å². The summed E-state index contributed by atoms with van der Waals surface area (Å²) in [5.41, 5.74) is 1.19. The van der Waals surface area contributed by atoms with Crippen LogP contribution in [0, 0.1) is 0 Å². The molecule has 0 aliphatic heterocycles. The van der Waals surface area contributed by atoms with Crippen LogP contribution in [0.2, 0.25) is 0 Å². The fourth-order valence-corrected chi connectivity index (χ4v) is 3.55. The van der Waals surface area contributed by atoms with Gasteiger partial charge in [-0.2, -0.15) is 4.89 Å². The number of para-hydroxylation sites is 1. The maximum Gasteiger partial charge on any atom is 0.168 e. The van der Waals surface area contributed by atoms with Crippen LogP contribution < -0.4 is 4.89 Å². The molecule has 9 heteroatoms. The Morgan fingerprint density at radius 2 is 0.897 bits per heavy atom. The van der Waals surface area contributed by atoms with Gasteiger partial charge in [-0.15, -0.1) is 0 Å². The number of benzene rings is 1. The third kappa shape index (κ3) is 24.2. The molecular weight excluding hydrogens is 504 g/mol. The first-order valence-corrected chi connectivity index (χ1v) is 14.8. The highest BCUT2D eigenvalue weighted by Gasteiger charge is 2.04. The van der Waals surface area contributed by atoms with Gasteiger partial charge in [0.2, 0.25) is 0 Å². The zero-order chi connectivity index (χ0) is 27.9. The Morgan fingerprint density at radius 1 is 0.462 bits per heavy atom. The lowest BCUT2D eigenvalue weighted by molar-refractivity contribution is -0.216. The predicted octanol–water partition coefficient (Wildman–Crippen LogP) is 5.04. The van der Waals surface area contributed by atoms with Crippen LogP contribution in [-0.4, -0.2) is 99.1 Å². The Kier molecular flexibility index (Phi) is 27.2. The second kappa shape index (κ2) is 29.7. The molecule has 0 N–H and O–H groups in total. The van der Waals surface area contributed by atoms with Crippen molar-refractivity contribution in [3.05, 3.63) is 29.8 Å². The number of hydrogen-bond acceptors (Lipinski definition) is 9. The SMILES string of the molecule is CCCCCCCCc1ccccc1OOCCOCCOCCOCCOCCOCCOCCOCC. The molecule has 0 amide bonds. The quantitative estimate of drug-likeness (QED) is 0.0707. The molecule has 0 bridgehead atoms. The van der Waals surface area contributed by atoms with Crippen molar-refractivity contribution in [2.24, 2.45) is 0 Å². The molecule has 9 nitrogen and oxygen atoms in total.